The van der Waals surface area contributed by atoms with Gasteiger partial charge in [0.1, 0.15) is 5.52 Å². The maximum Gasteiger partial charge on any atom is 0.161 e. The number of para-hydroxylation sites is 1. The number of nitrogens with zero attached hydrogens (tertiary/aromatic N) is 4. The maximum atomic E-state index is 4.95. The quantitative estimate of drug-likeness (QED) is 0.280. The van der Waals surface area contributed by atoms with Crippen molar-refractivity contribution in [3.63, 3.8) is 0 Å². The summed E-state index contributed by atoms with van der Waals surface area (Å²) >= 11 is 0. The minimum atomic E-state index is 0.576. The van der Waals surface area contributed by atoms with E-state index in [9.17, 15) is 0 Å². The van der Waals surface area contributed by atoms with Gasteiger partial charge < -0.3 is 10.3 Å². The molecule has 0 saturated heterocycles. The van der Waals surface area contributed by atoms with E-state index in [1.165, 1.54) is 18.4 Å². The zero-order chi connectivity index (χ0) is 23.4. The predicted molar refractivity (Wildman–Crippen MR) is 139 cm³/mol. The van der Waals surface area contributed by atoms with E-state index in [2.05, 4.69) is 68.5 Å². The van der Waals surface area contributed by atoms with Gasteiger partial charge in [0.15, 0.2) is 11.5 Å². The van der Waals surface area contributed by atoms with Crippen LogP contribution in [0.5, 0.6) is 0 Å². The van der Waals surface area contributed by atoms with Gasteiger partial charge >= 0.3 is 0 Å². The lowest BCUT2D eigenvalue weighted by Gasteiger charge is -2.09. The first-order chi connectivity index (χ1) is 17.2. The summed E-state index contributed by atoms with van der Waals surface area (Å²) in [5.41, 5.74) is 10.3. The van der Waals surface area contributed by atoms with Gasteiger partial charge in [-0.1, -0.05) is 36.9 Å². The number of rotatable bonds is 6. The standard InChI is InChI=1S/C28H23N7/c1-16(17-9-10-17)30-20-13-19(14-29-15-20)22-11-12-24-26(31-22)27(35-34-24)28-32-23-8-4-7-21(25(23)33-28)18-5-2-3-6-18/h2,4-8,11-15,17,30H,1,3,9-10H2,(H,32,33)(H,34,35). The molecule has 3 N–H and O–H groups in total. The number of hydrogen-bond donors (Lipinski definition) is 3. The fourth-order valence-corrected chi connectivity index (χ4v) is 4.63. The molecule has 7 nitrogen and oxygen atoms in total. The molecule has 0 spiro atoms. The molecule has 1 saturated carbocycles. The maximum absolute atomic E-state index is 4.95. The number of allylic oxidation sites excluding steroid dienone is 5. The van der Waals surface area contributed by atoms with Crippen molar-refractivity contribution in [1.29, 1.82) is 0 Å². The zero-order valence-electron chi connectivity index (χ0n) is 19.0. The lowest BCUT2D eigenvalue weighted by molar-refractivity contribution is 1.02. The van der Waals surface area contributed by atoms with Gasteiger partial charge in [0.2, 0.25) is 0 Å². The summed E-state index contributed by atoms with van der Waals surface area (Å²) in [6, 6.07) is 12.2. The van der Waals surface area contributed by atoms with Crippen LogP contribution >= 0.6 is 0 Å². The van der Waals surface area contributed by atoms with E-state index in [1.807, 2.05) is 30.6 Å². The molecule has 4 aromatic heterocycles. The van der Waals surface area contributed by atoms with Crippen LogP contribution in [0.15, 0.2) is 79.3 Å². The number of fused-ring (bicyclic) bond motifs is 2. The second-order valence-electron chi connectivity index (χ2n) is 9.14. The zero-order valence-corrected chi connectivity index (χ0v) is 19.0. The minimum Gasteiger partial charge on any atom is -0.358 e. The highest BCUT2D eigenvalue weighted by Gasteiger charge is 2.24. The Bertz CT molecular complexity index is 1680. The number of aromatic amines is 2. The molecule has 7 heteroatoms. The summed E-state index contributed by atoms with van der Waals surface area (Å²) in [5, 5.41) is 11.1. The van der Waals surface area contributed by atoms with Gasteiger partial charge in [-0.05, 0) is 55.0 Å². The molecule has 0 unspecified atom stereocenters. The highest BCUT2D eigenvalue weighted by molar-refractivity contribution is 5.96. The molecule has 0 bridgehead atoms. The third-order valence-corrected chi connectivity index (χ3v) is 6.64. The Hall–Kier alpha value is -4.52. The third kappa shape index (κ3) is 3.52. The van der Waals surface area contributed by atoms with Crippen molar-refractivity contribution in [2.24, 2.45) is 5.92 Å². The van der Waals surface area contributed by atoms with Crippen LogP contribution in [-0.2, 0) is 0 Å². The van der Waals surface area contributed by atoms with E-state index >= 15 is 0 Å². The average Bonchev–Trinajstić information content (AvgIpc) is 3.26. The van der Waals surface area contributed by atoms with E-state index in [0.29, 0.717) is 17.4 Å². The first-order valence-electron chi connectivity index (χ1n) is 11.9. The second-order valence-corrected chi connectivity index (χ2v) is 9.14. The molecule has 7 rings (SSSR count). The van der Waals surface area contributed by atoms with Crippen molar-refractivity contribution >= 4 is 33.3 Å². The molecule has 2 aliphatic rings. The molecular weight excluding hydrogens is 434 g/mol. The Morgan fingerprint density at radius 2 is 1.97 bits per heavy atom. The van der Waals surface area contributed by atoms with E-state index in [1.54, 1.807) is 0 Å². The van der Waals surface area contributed by atoms with E-state index < -0.39 is 0 Å². The van der Waals surface area contributed by atoms with Gasteiger partial charge in [-0.25, -0.2) is 9.97 Å². The largest absolute Gasteiger partial charge is 0.358 e. The Labute approximate surface area is 201 Å². The first-order valence-corrected chi connectivity index (χ1v) is 11.9. The van der Waals surface area contributed by atoms with Crippen molar-refractivity contribution < 1.29 is 0 Å². The van der Waals surface area contributed by atoms with Gasteiger partial charge in [-0.3, -0.25) is 10.1 Å². The number of pyridine rings is 2. The van der Waals surface area contributed by atoms with Crippen molar-refractivity contribution in [3.8, 4) is 22.8 Å². The third-order valence-electron chi connectivity index (χ3n) is 6.64. The van der Waals surface area contributed by atoms with Gasteiger partial charge in [0.25, 0.3) is 0 Å². The average molecular weight is 458 g/mol. The molecule has 2 aliphatic carbocycles. The fraction of sp³-hybridized carbons (Fsp3) is 0.143. The summed E-state index contributed by atoms with van der Waals surface area (Å²) < 4.78 is 0. The summed E-state index contributed by atoms with van der Waals surface area (Å²) in [5.74, 6) is 1.27. The first kappa shape index (κ1) is 19.9. The van der Waals surface area contributed by atoms with Crippen molar-refractivity contribution in [1.82, 2.24) is 30.1 Å². The smallest absolute Gasteiger partial charge is 0.161 e. The number of benzene rings is 1. The summed E-state index contributed by atoms with van der Waals surface area (Å²) in [4.78, 5) is 17.8. The number of hydrogen-bond acceptors (Lipinski definition) is 5. The monoisotopic (exact) mass is 457 g/mol. The van der Waals surface area contributed by atoms with Crippen LogP contribution in [-0.4, -0.2) is 30.1 Å². The molecule has 0 atom stereocenters. The highest BCUT2D eigenvalue weighted by Crippen LogP contribution is 2.36. The lowest BCUT2D eigenvalue weighted by atomic mass is 10.1. The van der Waals surface area contributed by atoms with E-state index in [-0.39, 0.29) is 0 Å². The van der Waals surface area contributed by atoms with Crippen molar-refractivity contribution in [2.45, 2.75) is 19.3 Å². The SMILES string of the molecule is C=C(Nc1cncc(-c2ccc3[nH]nc(-c4nc5c(C6=CCC=C6)cccc5[nH]4)c3n2)c1)C1CC1. The number of anilines is 1. The van der Waals surface area contributed by atoms with Crippen LogP contribution in [0.25, 0.3) is 50.4 Å². The van der Waals surface area contributed by atoms with Crippen LogP contribution in [0.3, 0.4) is 0 Å². The molecule has 0 amide bonds. The number of aromatic nitrogens is 6. The predicted octanol–water partition coefficient (Wildman–Crippen LogP) is 6.24. The fourth-order valence-electron chi connectivity index (χ4n) is 4.63. The van der Waals surface area contributed by atoms with E-state index in [0.717, 1.165) is 56.7 Å². The van der Waals surface area contributed by atoms with Crippen LogP contribution in [0.4, 0.5) is 5.69 Å². The van der Waals surface area contributed by atoms with Crippen molar-refractivity contribution in [3.05, 3.63) is 84.9 Å². The minimum absolute atomic E-state index is 0.576. The Balaban J connectivity index is 1.28. The molecular formula is C28H23N7. The van der Waals surface area contributed by atoms with Crippen LogP contribution in [0, 0.1) is 5.92 Å². The summed E-state index contributed by atoms with van der Waals surface area (Å²) in [7, 11) is 0. The van der Waals surface area contributed by atoms with Gasteiger partial charge in [0, 0.05) is 23.0 Å². The van der Waals surface area contributed by atoms with Gasteiger partial charge in [-0.2, -0.15) is 5.10 Å². The lowest BCUT2D eigenvalue weighted by Crippen LogP contribution is -2.00. The number of H-pyrrole nitrogens is 2. The number of nitrogens with one attached hydrogen (secondary N) is 3. The molecule has 0 aliphatic heterocycles. The summed E-state index contributed by atoms with van der Waals surface area (Å²) in [6.07, 6.45) is 13.6. The van der Waals surface area contributed by atoms with Gasteiger partial charge in [0.05, 0.1) is 34.1 Å². The Morgan fingerprint density at radius 3 is 2.83 bits per heavy atom. The molecule has 4 heterocycles. The molecule has 170 valence electrons. The Kier molecular flexibility index (Phi) is 4.42. The molecule has 1 aromatic carbocycles. The van der Waals surface area contributed by atoms with Crippen LogP contribution in [0.2, 0.25) is 0 Å². The summed E-state index contributed by atoms with van der Waals surface area (Å²) in [6.45, 7) is 4.16. The molecule has 1 fully saturated rings. The molecule has 0 radical (unpaired) electrons. The molecule has 35 heavy (non-hydrogen) atoms. The van der Waals surface area contributed by atoms with Gasteiger partial charge in [-0.15, -0.1) is 0 Å². The van der Waals surface area contributed by atoms with Crippen LogP contribution < -0.4 is 5.32 Å². The number of imidazole rings is 1. The molecule has 5 aromatic rings. The Morgan fingerprint density at radius 1 is 1.03 bits per heavy atom. The second kappa shape index (κ2) is 7.77. The van der Waals surface area contributed by atoms with Crippen LogP contribution in [0.1, 0.15) is 24.8 Å². The van der Waals surface area contributed by atoms with E-state index in [4.69, 9.17) is 9.97 Å². The highest BCUT2D eigenvalue weighted by atomic mass is 15.1. The normalized spacial score (nSPS) is 15.1. The van der Waals surface area contributed by atoms with Crippen molar-refractivity contribution in [2.75, 3.05) is 5.32 Å². The topological polar surface area (TPSA) is 95.2 Å².